The number of hydrogen-bond donors (Lipinski definition) is 1. The molecule has 1 heteroatoms. The number of phenolic OH excluding ortho intramolecular Hbond substituents is 1. The highest BCUT2D eigenvalue weighted by Crippen LogP contribution is 2.23. The SMILES string of the molecule is Cc1ccccc1C=Cc1cccc(C)c1O. The van der Waals surface area contributed by atoms with Gasteiger partial charge in [-0.2, -0.15) is 0 Å². The molecule has 0 aliphatic rings. The zero-order valence-corrected chi connectivity index (χ0v) is 10.1. The highest BCUT2D eigenvalue weighted by Gasteiger charge is 1.99. The molecule has 0 spiro atoms. The van der Waals surface area contributed by atoms with Crippen LogP contribution in [0.2, 0.25) is 0 Å². The second-order valence-electron chi connectivity index (χ2n) is 4.20. The van der Waals surface area contributed by atoms with Crippen molar-refractivity contribution in [2.24, 2.45) is 0 Å². The molecule has 0 atom stereocenters. The standard InChI is InChI=1S/C16H16O/c1-12-6-3-4-8-14(12)10-11-15-9-5-7-13(2)16(15)17/h3-11,17H,1-2H3. The van der Waals surface area contributed by atoms with E-state index in [4.69, 9.17) is 0 Å². The van der Waals surface area contributed by atoms with Crippen LogP contribution in [0.3, 0.4) is 0 Å². The van der Waals surface area contributed by atoms with E-state index in [-0.39, 0.29) is 0 Å². The summed E-state index contributed by atoms with van der Waals surface area (Å²) < 4.78 is 0. The zero-order valence-electron chi connectivity index (χ0n) is 10.1. The van der Waals surface area contributed by atoms with Crippen molar-refractivity contribution in [3.63, 3.8) is 0 Å². The quantitative estimate of drug-likeness (QED) is 0.759. The molecule has 0 amide bonds. The number of hydrogen-bond acceptors (Lipinski definition) is 1. The zero-order chi connectivity index (χ0) is 12.3. The molecule has 0 radical (unpaired) electrons. The highest BCUT2D eigenvalue weighted by atomic mass is 16.3. The molecule has 0 saturated heterocycles. The smallest absolute Gasteiger partial charge is 0.125 e. The summed E-state index contributed by atoms with van der Waals surface area (Å²) in [6.45, 7) is 3.98. The molecule has 17 heavy (non-hydrogen) atoms. The lowest BCUT2D eigenvalue weighted by atomic mass is 10.1. The number of para-hydroxylation sites is 1. The minimum absolute atomic E-state index is 0.359. The number of phenols is 1. The van der Waals surface area contributed by atoms with Crippen LogP contribution in [0.5, 0.6) is 5.75 Å². The first-order chi connectivity index (χ1) is 8.18. The van der Waals surface area contributed by atoms with Crippen molar-refractivity contribution >= 4 is 12.2 Å². The molecule has 1 N–H and O–H groups in total. The summed E-state index contributed by atoms with van der Waals surface area (Å²) in [5.74, 6) is 0.359. The summed E-state index contributed by atoms with van der Waals surface area (Å²) in [5, 5.41) is 9.89. The molecule has 0 fully saturated rings. The molecular weight excluding hydrogens is 208 g/mol. The molecule has 0 unspecified atom stereocenters. The summed E-state index contributed by atoms with van der Waals surface area (Å²) in [7, 11) is 0. The van der Waals surface area contributed by atoms with E-state index in [9.17, 15) is 5.11 Å². The van der Waals surface area contributed by atoms with E-state index in [0.717, 1.165) is 11.1 Å². The van der Waals surface area contributed by atoms with Crippen LogP contribution in [-0.4, -0.2) is 5.11 Å². The maximum absolute atomic E-state index is 9.89. The molecular formula is C16H16O. The van der Waals surface area contributed by atoms with Crippen molar-refractivity contribution in [1.82, 2.24) is 0 Å². The van der Waals surface area contributed by atoms with Crippen molar-refractivity contribution in [3.8, 4) is 5.75 Å². The van der Waals surface area contributed by atoms with Crippen molar-refractivity contribution < 1.29 is 5.11 Å². The first kappa shape index (κ1) is 11.5. The van der Waals surface area contributed by atoms with Crippen molar-refractivity contribution in [3.05, 3.63) is 64.7 Å². The molecule has 0 aliphatic heterocycles. The largest absolute Gasteiger partial charge is 0.507 e. The van der Waals surface area contributed by atoms with E-state index in [1.165, 1.54) is 11.1 Å². The van der Waals surface area contributed by atoms with Crippen molar-refractivity contribution in [2.45, 2.75) is 13.8 Å². The molecule has 0 saturated carbocycles. The van der Waals surface area contributed by atoms with E-state index in [1.807, 2.05) is 49.4 Å². The summed E-state index contributed by atoms with van der Waals surface area (Å²) in [6.07, 6.45) is 3.98. The van der Waals surface area contributed by atoms with Gasteiger partial charge in [-0.3, -0.25) is 0 Å². The lowest BCUT2D eigenvalue weighted by molar-refractivity contribution is 0.470. The van der Waals surface area contributed by atoms with Gasteiger partial charge in [-0.15, -0.1) is 0 Å². The van der Waals surface area contributed by atoms with Crippen LogP contribution in [0.15, 0.2) is 42.5 Å². The Bertz CT molecular complexity index is 553. The minimum atomic E-state index is 0.359. The van der Waals surface area contributed by atoms with Crippen LogP contribution >= 0.6 is 0 Å². The summed E-state index contributed by atoms with van der Waals surface area (Å²) in [5.41, 5.74) is 4.16. The number of benzene rings is 2. The van der Waals surface area contributed by atoms with Gasteiger partial charge in [0, 0.05) is 5.56 Å². The normalized spacial score (nSPS) is 10.9. The highest BCUT2D eigenvalue weighted by molar-refractivity contribution is 5.74. The van der Waals surface area contributed by atoms with Gasteiger partial charge in [-0.1, -0.05) is 54.6 Å². The molecule has 2 rings (SSSR count). The van der Waals surface area contributed by atoms with Crippen LogP contribution in [0.1, 0.15) is 22.3 Å². The third kappa shape index (κ3) is 2.56. The van der Waals surface area contributed by atoms with Gasteiger partial charge in [0.1, 0.15) is 5.75 Å². The van der Waals surface area contributed by atoms with Gasteiger partial charge in [0.05, 0.1) is 0 Å². The van der Waals surface area contributed by atoms with Crippen LogP contribution < -0.4 is 0 Å². The molecule has 0 aliphatic carbocycles. The number of rotatable bonds is 2. The van der Waals surface area contributed by atoms with Gasteiger partial charge in [0.25, 0.3) is 0 Å². The van der Waals surface area contributed by atoms with E-state index in [1.54, 1.807) is 0 Å². The summed E-state index contributed by atoms with van der Waals surface area (Å²) in [4.78, 5) is 0. The molecule has 2 aromatic carbocycles. The van der Waals surface area contributed by atoms with Crippen LogP contribution in [0.4, 0.5) is 0 Å². The van der Waals surface area contributed by atoms with Gasteiger partial charge in [-0.05, 0) is 30.5 Å². The second-order valence-corrected chi connectivity index (χ2v) is 4.20. The Kier molecular flexibility index (Phi) is 3.29. The van der Waals surface area contributed by atoms with E-state index < -0.39 is 0 Å². The maximum atomic E-state index is 9.89. The van der Waals surface area contributed by atoms with Gasteiger partial charge >= 0.3 is 0 Å². The number of aromatic hydroxyl groups is 1. The molecule has 0 bridgehead atoms. The fourth-order valence-corrected chi connectivity index (χ4v) is 1.77. The Labute approximate surface area is 102 Å². The minimum Gasteiger partial charge on any atom is -0.507 e. The van der Waals surface area contributed by atoms with E-state index in [2.05, 4.69) is 19.1 Å². The maximum Gasteiger partial charge on any atom is 0.125 e. The third-order valence-corrected chi connectivity index (χ3v) is 2.90. The lowest BCUT2D eigenvalue weighted by Gasteiger charge is -2.03. The number of aryl methyl sites for hydroxylation is 2. The first-order valence-electron chi connectivity index (χ1n) is 5.71. The fourth-order valence-electron chi connectivity index (χ4n) is 1.77. The summed E-state index contributed by atoms with van der Waals surface area (Å²) in [6, 6.07) is 14.0. The Hall–Kier alpha value is -2.02. The van der Waals surface area contributed by atoms with Crippen LogP contribution in [0.25, 0.3) is 12.2 Å². The Morgan fingerprint density at radius 1 is 0.765 bits per heavy atom. The molecule has 2 aromatic rings. The Morgan fingerprint density at radius 2 is 1.35 bits per heavy atom. The van der Waals surface area contributed by atoms with Crippen LogP contribution in [-0.2, 0) is 0 Å². The first-order valence-corrected chi connectivity index (χ1v) is 5.71. The van der Waals surface area contributed by atoms with E-state index in [0.29, 0.717) is 5.75 Å². The molecule has 86 valence electrons. The second kappa shape index (κ2) is 4.88. The van der Waals surface area contributed by atoms with Crippen LogP contribution in [0, 0.1) is 13.8 Å². The van der Waals surface area contributed by atoms with Crippen molar-refractivity contribution in [2.75, 3.05) is 0 Å². The van der Waals surface area contributed by atoms with E-state index >= 15 is 0 Å². The van der Waals surface area contributed by atoms with Gasteiger partial charge < -0.3 is 5.11 Å². The lowest BCUT2D eigenvalue weighted by Crippen LogP contribution is -1.81. The van der Waals surface area contributed by atoms with Gasteiger partial charge in [0.15, 0.2) is 0 Å². The third-order valence-electron chi connectivity index (χ3n) is 2.90. The average molecular weight is 224 g/mol. The predicted molar refractivity (Wildman–Crippen MR) is 73.0 cm³/mol. The molecule has 1 nitrogen and oxygen atoms in total. The topological polar surface area (TPSA) is 20.2 Å². The average Bonchev–Trinajstić information content (AvgIpc) is 2.33. The predicted octanol–water partition coefficient (Wildman–Crippen LogP) is 4.18. The molecule has 0 heterocycles. The molecule has 0 aromatic heterocycles. The van der Waals surface area contributed by atoms with Gasteiger partial charge in [-0.25, -0.2) is 0 Å². The van der Waals surface area contributed by atoms with Gasteiger partial charge in [0.2, 0.25) is 0 Å². The monoisotopic (exact) mass is 224 g/mol. The van der Waals surface area contributed by atoms with Crippen molar-refractivity contribution in [1.29, 1.82) is 0 Å². The fraction of sp³-hybridized carbons (Fsp3) is 0.125. The Balaban J connectivity index is 2.33. The summed E-state index contributed by atoms with van der Waals surface area (Å²) >= 11 is 0. The Morgan fingerprint density at radius 3 is 2.12 bits per heavy atom.